The van der Waals surface area contributed by atoms with E-state index in [0.717, 1.165) is 5.56 Å². The van der Waals surface area contributed by atoms with E-state index in [0.29, 0.717) is 19.6 Å². The molecule has 0 spiro atoms. The van der Waals surface area contributed by atoms with Crippen LogP contribution < -0.4 is 0 Å². The molecule has 4 nitrogen and oxygen atoms in total. The molecule has 0 amide bonds. The van der Waals surface area contributed by atoms with Crippen LogP contribution in [-0.2, 0) is 20.8 Å². The molecule has 0 radical (unpaired) electrons. The average Bonchev–Trinajstić information content (AvgIpc) is 2.38. The Bertz CT molecular complexity index is 327. The van der Waals surface area contributed by atoms with Gasteiger partial charge in [0.15, 0.2) is 6.29 Å². The number of benzene rings is 1. The number of aliphatic hydroxyl groups is 1. The third-order valence-electron chi connectivity index (χ3n) is 2.89. The van der Waals surface area contributed by atoms with Crippen LogP contribution in [0.15, 0.2) is 30.3 Å². The molecule has 1 aliphatic heterocycles. The summed E-state index contributed by atoms with van der Waals surface area (Å²) >= 11 is 0. The molecule has 1 aliphatic rings. The lowest BCUT2D eigenvalue weighted by Crippen LogP contribution is -2.43. The lowest BCUT2D eigenvalue weighted by atomic mass is 10.1. The van der Waals surface area contributed by atoms with E-state index in [2.05, 4.69) is 0 Å². The van der Waals surface area contributed by atoms with E-state index in [4.69, 9.17) is 14.2 Å². The van der Waals surface area contributed by atoms with Crippen LogP contribution >= 0.6 is 0 Å². The van der Waals surface area contributed by atoms with Gasteiger partial charge in [-0.3, -0.25) is 0 Å². The fourth-order valence-electron chi connectivity index (χ4n) is 1.83. The summed E-state index contributed by atoms with van der Waals surface area (Å²) in [5.41, 5.74) is 1.10. The monoisotopic (exact) mass is 238 g/mol. The van der Waals surface area contributed by atoms with E-state index in [1.165, 1.54) is 0 Å². The summed E-state index contributed by atoms with van der Waals surface area (Å²) in [6, 6.07) is 9.90. The first-order valence-corrected chi connectivity index (χ1v) is 5.77. The van der Waals surface area contributed by atoms with Crippen molar-refractivity contribution in [1.82, 2.24) is 0 Å². The van der Waals surface area contributed by atoms with Crippen molar-refractivity contribution in [2.45, 2.75) is 31.5 Å². The lowest BCUT2D eigenvalue weighted by molar-refractivity contribution is -0.225. The molecule has 4 heteroatoms. The molecule has 1 saturated heterocycles. The van der Waals surface area contributed by atoms with Crippen LogP contribution in [0.5, 0.6) is 0 Å². The predicted molar refractivity (Wildman–Crippen MR) is 62.4 cm³/mol. The highest BCUT2D eigenvalue weighted by Gasteiger charge is 2.30. The van der Waals surface area contributed by atoms with Gasteiger partial charge in [0.25, 0.3) is 0 Å². The maximum atomic E-state index is 9.75. The highest BCUT2D eigenvalue weighted by molar-refractivity contribution is 5.13. The molecule has 1 heterocycles. The van der Waals surface area contributed by atoms with Crippen molar-refractivity contribution in [3.63, 3.8) is 0 Å². The van der Waals surface area contributed by atoms with E-state index in [1.807, 2.05) is 30.3 Å². The summed E-state index contributed by atoms with van der Waals surface area (Å²) in [6.45, 7) is 0.868. The van der Waals surface area contributed by atoms with Gasteiger partial charge in [0.05, 0.1) is 19.3 Å². The van der Waals surface area contributed by atoms with Gasteiger partial charge < -0.3 is 19.3 Å². The largest absolute Gasteiger partial charge is 0.390 e. The van der Waals surface area contributed by atoms with Crippen molar-refractivity contribution in [1.29, 1.82) is 0 Å². The normalized spacial score (nSPS) is 29.2. The van der Waals surface area contributed by atoms with Crippen LogP contribution in [0.2, 0.25) is 0 Å². The first kappa shape index (κ1) is 12.5. The molecule has 1 aromatic rings. The Labute approximate surface area is 101 Å². The molecule has 0 unspecified atom stereocenters. The smallest absolute Gasteiger partial charge is 0.160 e. The summed E-state index contributed by atoms with van der Waals surface area (Å²) in [5.74, 6) is 0. The number of aliphatic hydroxyl groups excluding tert-OH is 1. The Morgan fingerprint density at radius 3 is 2.76 bits per heavy atom. The topological polar surface area (TPSA) is 47.9 Å². The predicted octanol–water partition coefficient (Wildman–Crippen LogP) is 1.33. The van der Waals surface area contributed by atoms with Gasteiger partial charge in [0.2, 0.25) is 0 Å². The zero-order chi connectivity index (χ0) is 12.1. The Hall–Kier alpha value is -0.940. The summed E-state index contributed by atoms with van der Waals surface area (Å²) in [5, 5.41) is 9.75. The van der Waals surface area contributed by atoms with Gasteiger partial charge in [-0.2, -0.15) is 0 Å². The molecule has 94 valence electrons. The fourth-order valence-corrected chi connectivity index (χ4v) is 1.83. The summed E-state index contributed by atoms with van der Waals surface area (Å²) in [6.07, 6.45) is -0.663. The van der Waals surface area contributed by atoms with Crippen molar-refractivity contribution in [2.24, 2.45) is 0 Å². The van der Waals surface area contributed by atoms with Gasteiger partial charge in [-0.25, -0.2) is 0 Å². The quantitative estimate of drug-likeness (QED) is 0.859. The van der Waals surface area contributed by atoms with E-state index >= 15 is 0 Å². The maximum absolute atomic E-state index is 9.75. The lowest BCUT2D eigenvalue weighted by Gasteiger charge is -2.32. The van der Waals surface area contributed by atoms with Gasteiger partial charge in [0, 0.05) is 13.5 Å². The molecular weight excluding hydrogens is 220 g/mol. The third-order valence-corrected chi connectivity index (χ3v) is 2.89. The van der Waals surface area contributed by atoms with Gasteiger partial charge >= 0.3 is 0 Å². The zero-order valence-electron chi connectivity index (χ0n) is 9.91. The number of ether oxygens (including phenoxy) is 3. The number of hydrogen-bond donors (Lipinski definition) is 1. The Morgan fingerprint density at radius 1 is 1.35 bits per heavy atom. The molecule has 0 aliphatic carbocycles. The number of methoxy groups -OCH3 is 1. The van der Waals surface area contributed by atoms with E-state index < -0.39 is 6.10 Å². The van der Waals surface area contributed by atoms with Gasteiger partial charge in [-0.05, 0) is 5.56 Å². The van der Waals surface area contributed by atoms with Crippen molar-refractivity contribution in [3.8, 4) is 0 Å². The standard InChI is InChI=1S/C13H18O4/c1-15-12-9-17-13(7-11(12)14)16-8-10-5-3-2-4-6-10/h2-6,11-14H,7-9H2,1H3/t11-,12-,13+/m0/s1. The average molecular weight is 238 g/mol. The van der Waals surface area contributed by atoms with E-state index in [9.17, 15) is 5.11 Å². The first-order chi connectivity index (χ1) is 8.29. The van der Waals surface area contributed by atoms with E-state index in [1.54, 1.807) is 7.11 Å². The van der Waals surface area contributed by atoms with Crippen LogP contribution in [0.4, 0.5) is 0 Å². The molecule has 3 atom stereocenters. The van der Waals surface area contributed by atoms with Crippen molar-refractivity contribution in [3.05, 3.63) is 35.9 Å². The fraction of sp³-hybridized carbons (Fsp3) is 0.538. The van der Waals surface area contributed by atoms with Crippen LogP contribution in [0.25, 0.3) is 0 Å². The molecule has 0 aromatic heterocycles. The molecule has 0 bridgehead atoms. The second-order valence-corrected chi connectivity index (χ2v) is 4.14. The molecule has 1 fully saturated rings. The minimum Gasteiger partial charge on any atom is -0.390 e. The molecule has 0 saturated carbocycles. The molecule has 2 rings (SSSR count). The van der Waals surface area contributed by atoms with Crippen molar-refractivity contribution < 1.29 is 19.3 Å². The second-order valence-electron chi connectivity index (χ2n) is 4.14. The van der Waals surface area contributed by atoms with Crippen LogP contribution in [0, 0.1) is 0 Å². The molecule has 17 heavy (non-hydrogen) atoms. The number of hydrogen-bond acceptors (Lipinski definition) is 4. The second kappa shape index (κ2) is 6.12. The summed E-state index contributed by atoms with van der Waals surface area (Å²) in [4.78, 5) is 0. The van der Waals surface area contributed by atoms with Crippen LogP contribution in [0.1, 0.15) is 12.0 Å². The minimum absolute atomic E-state index is 0.244. The van der Waals surface area contributed by atoms with Gasteiger partial charge in [-0.1, -0.05) is 30.3 Å². The van der Waals surface area contributed by atoms with E-state index in [-0.39, 0.29) is 12.4 Å². The van der Waals surface area contributed by atoms with Gasteiger partial charge in [0.1, 0.15) is 6.10 Å². The minimum atomic E-state index is -0.519. The Morgan fingerprint density at radius 2 is 2.12 bits per heavy atom. The maximum Gasteiger partial charge on any atom is 0.160 e. The number of rotatable bonds is 4. The summed E-state index contributed by atoms with van der Waals surface area (Å²) in [7, 11) is 1.57. The molecule has 1 aromatic carbocycles. The molecular formula is C13H18O4. The van der Waals surface area contributed by atoms with Crippen LogP contribution in [-0.4, -0.2) is 37.3 Å². The first-order valence-electron chi connectivity index (χ1n) is 5.77. The Balaban J connectivity index is 1.78. The van der Waals surface area contributed by atoms with Crippen molar-refractivity contribution >= 4 is 0 Å². The Kier molecular flexibility index (Phi) is 4.50. The third kappa shape index (κ3) is 3.51. The van der Waals surface area contributed by atoms with Gasteiger partial charge in [-0.15, -0.1) is 0 Å². The van der Waals surface area contributed by atoms with Crippen LogP contribution in [0.3, 0.4) is 0 Å². The SMILES string of the molecule is CO[C@H]1CO[C@@H](OCc2ccccc2)C[C@@H]1O. The van der Waals surface area contributed by atoms with Crippen molar-refractivity contribution in [2.75, 3.05) is 13.7 Å². The highest BCUT2D eigenvalue weighted by atomic mass is 16.7. The summed E-state index contributed by atoms with van der Waals surface area (Å²) < 4.78 is 16.1. The highest BCUT2D eigenvalue weighted by Crippen LogP contribution is 2.18. The zero-order valence-corrected chi connectivity index (χ0v) is 9.91. The molecule has 1 N–H and O–H groups in total.